The topological polar surface area (TPSA) is 99.2 Å². The predicted octanol–water partition coefficient (Wildman–Crippen LogP) is 3.51. The Balaban J connectivity index is 2.10. The standard InChI is InChI=1S/C23H22N4O4/c1-23(2,3)31-22-24-20-18(21(30)26(22)14-17(28)29)19(15-10-6-4-7-11-15)25-27(20)16-12-8-5-9-13-16/h4-13H,14H2,1-3H3,(H,28,29). The van der Waals surface area contributed by atoms with Crippen LogP contribution < -0.4 is 10.3 Å². The lowest BCUT2D eigenvalue weighted by atomic mass is 10.1. The summed E-state index contributed by atoms with van der Waals surface area (Å²) in [7, 11) is 0. The lowest BCUT2D eigenvalue weighted by Gasteiger charge is -2.22. The van der Waals surface area contributed by atoms with Gasteiger partial charge in [-0.1, -0.05) is 48.5 Å². The molecule has 0 spiro atoms. The molecule has 0 fully saturated rings. The van der Waals surface area contributed by atoms with Crippen LogP contribution >= 0.6 is 0 Å². The van der Waals surface area contributed by atoms with Gasteiger partial charge in [0.25, 0.3) is 5.56 Å². The summed E-state index contributed by atoms with van der Waals surface area (Å²) in [6.07, 6.45) is 0. The highest BCUT2D eigenvalue weighted by molar-refractivity contribution is 5.91. The van der Waals surface area contributed by atoms with Gasteiger partial charge < -0.3 is 9.84 Å². The molecule has 8 nitrogen and oxygen atoms in total. The third kappa shape index (κ3) is 4.05. The van der Waals surface area contributed by atoms with Crippen LogP contribution in [0.3, 0.4) is 0 Å². The Labute approximate surface area is 178 Å². The molecule has 4 rings (SSSR count). The fourth-order valence-corrected chi connectivity index (χ4v) is 3.26. The largest absolute Gasteiger partial charge is 0.480 e. The SMILES string of the molecule is CC(C)(C)Oc1nc2c(c(-c3ccccc3)nn2-c2ccccc2)c(=O)n1CC(=O)O. The Kier molecular flexibility index (Phi) is 5.06. The first kappa shape index (κ1) is 20.3. The molecule has 0 saturated carbocycles. The van der Waals surface area contributed by atoms with E-state index in [1.54, 1.807) is 25.5 Å². The van der Waals surface area contributed by atoms with Gasteiger partial charge in [0.1, 0.15) is 23.2 Å². The van der Waals surface area contributed by atoms with Gasteiger partial charge in [-0.25, -0.2) is 4.68 Å². The third-order valence-electron chi connectivity index (χ3n) is 4.49. The minimum absolute atomic E-state index is 0.0657. The van der Waals surface area contributed by atoms with E-state index in [1.165, 1.54) is 0 Å². The van der Waals surface area contributed by atoms with Gasteiger partial charge in [-0.15, -0.1) is 0 Å². The van der Waals surface area contributed by atoms with Gasteiger partial charge in [-0.3, -0.25) is 14.2 Å². The van der Waals surface area contributed by atoms with E-state index in [4.69, 9.17) is 4.74 Å². The molecule has 31 heavy (non-hydrogen) atoms. The van der Waals surface area contributed by atoms with Gasteiger partial charge in [0.05, 0.1) is 5.69 Å². The van der Waals surface area contributed by atoms with Crippen LogP contribution in [0.4, 0.5) is 0 Å². The Morgan fingerprint density at radius 3 is 2.23 bits per heavy atom. The van der Waals surface area contributed by atoms with Crippen molar-refractivity contribution in [2.75, 3.05) is 0 Å². The van der Waals surface area contributed by atoms with Crippen molar-refractivity contribution in [1.82, 2.24) is 19.3 Å². The molecule has 0 aliphatic heterocycles. The number of fused-ring (bicyclic) bond motifs is 1. The maximum absolute atomic E-state index is 13.5. The number of hydrogen-bond donors (Lipinski definition) is 1. The summed E-state index contributed by atoms with van der Waals surface area (Å²) in [6, 6.07) is 18.5. The molecule has 0 saturated heterocycles. The number of para-hydroxylation sites is 1. The Hall–Kier alpha value is -3.94. The van der Waals surface area contributed by atoms with Crippen molar-refractivity contribution < 1.29 is 14.6 Å². The number of hydrogen-bond acceptors (Lipinski definition) is 5. The number of ether oxygens (including phenoxy) is 1. The van der Waals surface area contributed by atoms with E-state index in [9.17, 15) is 14.7 Å². The fraction of sp³-hybridized carbons (Fsp3) is 0.217. The van der Waals surface area contributed by atoms with Crippen LogP contribution in [0.1, 0.15) is 20.8 Å². The molecule has 8 heteroatoms. The van der Waals surface area contributed by atoms with Crippen LogP contribution in [0.2, 0.25) is 0 Å². The maximum Gasteiger partial charge on any atom is 0.323 e. The average molecular weight is 418 g/mol. The molecule has 0 bridgehead atoms. The van der Waals surface area contributed by atoms with E-state index in [0.717, 1.165) is 15.8 Å². The first-order valence-corrected chi connectivity index (χ1v) is 9.80. The highest BCUT2D eigenvalue weighted by Crippen LogP contribution is 2.28. The minimum atomic E-state index is -1.17. The van der Waals surface area contributed by atoms with E-state index in [1.807, 2.05) is 60.7 Å². The molecule has 0 aliphatic carbocycles. The number of rotatable bonds is 5. The number of benzene rings is 2. The van der Waals surface area contributed by atoms with Gasteiger partial charge >= 0.3 is 12.0 Å². The maximum atomic E-state index is 13.5. The molecule has 0 amide bonds. The van der Waals surface area contributed by atoms with E-state index in [-0.39, 0.29) is 11.4 Å². The van der Waals surface area contributed by atoms with Crippen molar-refractivity contribution in [3.63, 3.8) is 0 Å². The first-order valence-electron chi connectivity index (χ1n) is 9.80. The number of nitrogens with zero attached hydrogens (tertiary/aromatic N) is 4. The van der Waals surface area contributed by atoms with E-state index in [2.05, 4.69) is 10.1 Å². The number of carboxylic acid groups (broad SMARTS) is 1. The van der Waals surface area contributed by atoms with Crippen molar-refractivity contribution in [2.45, 2.75) is 32.9 Å². The Morgan fingerprint density at radius 1 is 1.03 bits per heavy atom. The number of carboxylic acids is 1. The van der Waals surface area contributed by atoms with Crippen molar-refractivity contribution in [3.8, 4) is 23.0 Å². The van der Waals surface area contributed by atoms with Crippen LogP contribution in [0.15, 0.2) is 65.5 Å². The lowest BCUT2D eigenvalue weighted by Crippen LogP contribution is -2.32. The molecule has 0 atom stereocenters. The summed E-state index contributed by atoms with van der Waals surface area (Å²) in [6.45, 7) is 4.84. The molecule has 0 radical (unpaired) electrons. The molecule has 4 aromatic rings. The molecule has 158 valence electrons. The van der Waals surface area contributed by atoms with Gasteiger partial charge in [0.15, 0.2) is 5.65 Å². The predicted molar refractivity (Wildman–Crippen MR) is 117 cm³/mol. The third-order valence-corrected chi connectivity index (χ3v) is 4.49. The highest BCUT2D eigenvalue weighted by atomic mass is 16.5. The summed E-state index contributed by atoms with van der Waals surface area (Å²) >= 11 is 0. The molecule has 0 unspecified atom stereocenters. The van der Waals surface area contributed by atoms with E-state index >= 15 is 0 Å². The van der Waals surface area contributed by atoms with Crippen LogP contribution in [-0.4, -0.2) is 36.0 Å². The van der Waals surface area contributed by atoms with Gasteiger partial charge in [-0.2, -0.15) is 10.1 Å². The van der Waals surface area contributed by atoms with Crippen molar-refractivity contribution in [2.24, 2.45) is 0 Å². The van der Waals surface area contributed by atoms with Crippen molar-refractivity contribution in [3.05, 3.63) is 71.0 Å². The zero-order valence-corrected chi connectivity index (χ0v) is 17.4. The zero-order chi connectivity index (χ0) is 22.2. The monoisotopic (exact) mass is 418 g/mol. The van der Waals surface area contributed by atoms with Crippen LogP contribution in [0.25, 0.3) is 28.0 Å². The number of aliphatic carboxylic acids is 1. The molecule has 2 heterocycles. The zero-order valence-electron chi connectivity index (χ0n) is 17.4. The molecular weight excluding hydrogens is 396 g/mol. The molecule has 2 aromatic heterocycles. The van der Waals surface area contributed by atoms with Gasteiger partial charge in [-0.05, 0) is 32.9 Å². The fourth-order valence-electron chi connectivity index (χ4n) is 3.26. The second kappa shape index (κ2) is 7.71. The quantitative estimate of drug-likeness (QED) is 0.532. The Morgan fingerprint density at radius 2 is 1.65 bits per heavy atom. The lowest BCUT2D eigenvalue weighted by molar-refractivity contribution is -0.137. The van der Waals surface area contributed by atoms with Crippen molar-refractivity contribution in [1.29, 1.82) is 0 Å². The molecule has 2 aromatic carbocycles. The summed E-state index contributed by atoms with van der Waals surface area (Å²) in [5, 5.41) is 14.3. The minimum Gasteiger partial charge on any atom is -0.480 e. The highest BCUT2D eigenvalue weighted by Gasteiger charge is 2.25. The molecular formula is C23H22N4O4. The van der Waals surface area contributed by atoms with Crippen molar-refractivity contribution >= 4 is 17.0 Å². The number of carbonyl (C=O) groups is 1. The van der Waals surface area contributed by atoms with E-state index in [0.29, 0.717) is 11.3 Å². The average Bonchev–Trinajstić information content (AvgIpc) is 3.10. The van der Waals surface area contributed by atoms with Gasteiger partial charge in [0.2, 0.25) is 0 Å². The van der Waals surface area contributed by atoms with Crippen LogP contribution in [-0.2, 0) is 11.3 Å². The second-order valence-corrected chi connectivity index (χ2v) is 8.05. The van der Waals surface area contributed by atoms with Crippen LogP contribution in [0, 0.1) is 0 Å². The normalized spacial score (nSPS) is 11.6. The summed E-state index contributed by atoms with van der Waals surface area (Å²) in [5.41, 5.74) is 0.974. The first-order chi connectivity index (χ1) is 14.7. The molecule has 1 N–H and O–H groups in total. The number of aromatic nitrogens is 4. The summed E-state index contributed by atoms with van der Waals surface area (Å²) < 4.78 is 8.50. The van der Waals surface area contributed by atoms with Gasteiger partial charge in [0, 0.05) is 5.56 Å². The van der Waals surface area contributed by atoms with E-state index < -0.39 is 23.7 Å². The summed E-state index contributed by atoms with van der Waals surface area (Å²) in [4.78, 5) is 29.6. The second-order valence-electron chi connectivity index (χ2n) is 8.05. The summed E-state index contributed by atoms with van der Waals surface area (Å²) in [5.74, 6) is -1.17. The Bertz CT molecular complexity index is 1300. The van der Waals surface area contributed by atoms with Crippen LogP contribution in [0.5, 0.6) is 6.01 Å². The smallest absolute Gasteiger partial charge is 0.323 e. The molecule has 0 aliphatic rings.